The van der Waals surface area contributed by atoms with Crippen molar-refractivity contribution in [1.82, 2.24) is 0 Å². The summed E-state index contributed by atoms with van der Waals surface area (Å²) in [5, 5.41) is 28.6. The zero-order valence-corrected chi connectivity index (χ0v) is 14.9. The molecule has 0 aliphatic carbocycles. The number of dihydropyridines is 1. The number of fused-ring (bicyclic) bond motifs is 1. The van der Waals surface area contributed by atoms with Gasteiger partial charge in [-0.25, -0.2) is 0 Å². The molecule has 27 heavy (non-hydrogen) atoms. The normalized spacial score (nSPS) is 15.9. The standard InChI is InChI=1S/C20H14N4O3/c1-11-15(6-12(8-21)19(24-11)13(9-22)10-23)18-17(25-2)7-16-14(4-5-27-16)20(18)26-3/h4-7,15H,1-3H3. The van der Waals surface area contributed by atoms with Gasteiger partial charge >= 0.3 is 0 Å². The molecule has 1 aromatic carbocycles. The van der Waals surface area contributed by atoms with Crippen molar-refractivity contribution in [3.8, 4) is 29.7 Å². The Kier molecular flexibility index (Phi) is 4.66. The number of benzene rings is 1. The van der Waals surface area contributed by atoms with Gasteiger partial charge in [-0.15, -0.1) is 0 Å². The van der Waals surface area contributed by atoms with Crippen LogP contribution in [0.5, 0.6) is 11.5 Å². The van der Waals surface area contributed by atoms with Crippen molar-refractivity contribution < 1.29 is 13.9 Å². The van der Waals surface area contributed by atoms with Crippen molar-refractivity contribution >= 4 is 16.7 Å². The van der Waals surface area contributed by atoms with Crippen LogP contribution in [0.1, 0.15) is 18.4 Å². The lowest BCUT2D eigenvalue weighted by Crippen LogP contribution is -2.15. The number of methoxy groups -OCH3 is 2. The van der Waals surface area contributed by atoms with E-state index in [2.05, 4.69) is 4.99 Å². The summed E-state index contributed by atoms with van der Waals surface area (Å²) in [4.78, 5) is 4.38. The van der Waals surface area contributed by atoms with E-state index in [4.69, 9.17) is 24.4 Å². The minimum Gasteiger partial charge on any atom is -0.496 e. The summed E-state index contributed by atoms with van der Waals surface area (Å²) < 4.78 is 16.6. The maximum absolute atomic E-state index is 9.53. The van der Waals surface area contributed by atoms with Crippen molar-refractivity contribution in [1.29, 1.82) is 15.8 Å². The summed E-state index contributed by atoms with van der Waals surface area (Å²) in [6, 6.07) is 9.13. The fraction of sp³-hybridized carbons (Fsp3) is 0.200. The lowest BCUT2D eigenvalue weighted by atomic mass is 9.87. The Morgan fingerprint density at radius 1 is 1.19 bits per heavy atom. The second-order valence-corrected chi connectivity index (χ2v) is 5.73. The Morgan fingerprint density at radius 2 is 1.93 bits per heavy atom. The van der Waals surface area contributed by atoms with E-state index in [0.29, 0.717) is 28.4 Å². The van der Waals surface area contributed by atoms with Crippen LogP contribution >= 0.6 is 0 Å². The minimum absolute atomic E-state index is 0.0820. The quantitative estimate of drug-likeness (QED) is 0.771. The van der Waals surface area contributed by atoms with Crippen LogP contribution in [0.3, 0.4) is 0 Å². The van der Waals surface area contributed by atoms with Crippen LogP contribution < -0.4 is 9.47 Å². The summed E-state index contributed by atoms with van der Waals surface area (Å²) >= 11 is 0. The Bertz CT molecular complexity index is 1130. The molecule has 132 valence electrons. The zero-order valence-electron chi connectivity index (χ0n) is 14.9. The molecule has 0 radical (unpaired) electrons. The van der Waals surface area contributed by atoms with Gasteiger partial charge in [-0.3, -0.25) is 4.99 Å². The molecular weight excluding hydrogens is 344 g/mol. The van der Waals surface area contributed by atoms with E-state index >= 15 is 0 Å². The molecule has 0 N–H and O–H groups in total. The van der Waals surface area contributed by atoms with Crippen LogP contribution in [0.15, 0.2) is 50.7 Å². The first-order valence-corrected chi connectivity index (χ1v) is 7.93. The molecule has 2 aromatic rings. The molecule has 1 unspecified atom stereocenters. The van der Waals surface area contributed by atoms with Gasteiger partial charge in [0.25, 0.3) is 0 Å². The molecule has 1 aliphatic heterocycles. The first-order valence-electron chi connectivity index (χ1n) is 7.93. The Hall–Kier alpha value is -4.02. The summed E-state index contributed by atoms with van der Waals surface area (Å²) in [7, 11) is 3.08. The van der Waals surface area contributed by atoms with E-state index in [0.717, 1.165) is 5.39 Å². The van der Waals surface area contributed by atoms with E-state index in [1.54, 1.807) is 50.6 Å². The molecule has 2 heterocycles. The smallest absolute Gasteiger partial charge is 0.156 e. The first kappa shape index (κ1) is 17.8. The molecular formula is C20H14N4O3. The SMILES string of the molecule is COc1cc2occc2c(OC)c1C1C=C(C#N)C(=C(C#N)C#N)N=C1C. The van der Waals surface area contributed by atoms with Crippen molar-refractivity contribution in [2.45, 2.75) is 12.8 Å². The number of nitrogens with zero attached hydrogens (tertiary/aromatic N) is 4. The fourth-order valence-electron chi connectivity index (χ4n) is 3.13. The van der Waals surface area contributed by atoms with Crippen molar-refractivity contribution in [3.63, 3.8) is 0 Å². The Balaban J connectivity index is 2.30. The number of aliphatic imine (C=N–C) groups is 1. The fourth-order valence-corrected chi connectivity index (χ4v) is 3.13. The number of rotatable bonds is 3. The highest BCUT2D eigenvalue weighted by molar-refractivity contribution is 5.98. The van der Waals surface area contributed by atoms with E-state index in [-0.39, 0.29) is 16.8 Å². The molecule has 7 nitrogen and oxygen atoms in total. The highest BCUT2D eigenvalue weighted by Gasteiger charge is 2.29. The van der Waals surface area contributed by atoms with Gasteiger partial charge in [0, 0.05) is 23.3 Å². The van der Waals surface area contributed by atoms with Gasteiger partial charge in [0.05, 0.1) is 31.4 Å². The lowest BCUT2D eigenvalue weighted by Gasteiger charge is -2.23. The summed E-state index contributed by atoms with van der Waals surface area (Å²) in [6.45, 7) is 1.76. The van der Waals surface area contributed by atoms with E-state index in [9.17, 15) is 5.26 Å². The van der Waals surface area contributed by atoms with Crippen molar-refractivity contribution in [2.24, 2.45) is 4.99 Å². The van der Waals surface area contributed by atoms with Gasteiger partial charge in [0.2, 0.25) is 0 Å². The summed E-state index contributed by atoms with van der Waals surface area (Å²) in [5.41, 5.74) is 1.94. The predicted molar refractivity (Wildman–Crippen MR) is 97.1 cm³/mol. The van der Waals surface area contributed by atoms with Crippen LogP contribution in [0.25, 0.3) is 11.0 Å². The average molecular weight is 358 g/mol. The zero-order chi connectivity index (χ0) is 19.6. The van der Waals surface area contributed by atoms with Crippen LogP contribution in [0, 0.1) is 34.0 Å². The number of furan rings is 1. The number of allylic oxidation sites excluding steroid dienone is 3. The minimum atomic E-state index is -0.425. The predicted octanol–water partition coefficient (Wildman–Crippen LogP) is 3.76. The largest absolute Gasteiger partial charge is 0.496 e. The Morgan fingerprint density at radius 3 is 2.52 bits per heavy atom. The topological polar surface area (TPSA) is 115 Å². The third-order valence-electron chi connectivity index (χ3n) is 4.35. The molecule has 0 saturated carbocycles. The summed E-state index contributed by atoms with van der Waals surface area (Å²) in [5.74, 6) is 0.654. The van der Waals surface area contributed by atoms with E-state index < -0.39 is 5.92 Å². The lowest BCUT2D eigenvalue weighted by molar-refractivity contribution is 0.388. The van der Waals surface area contributed by atoms with Crippen LogP contribution in [-0.4, -0.2) is 19.9 Å². The number of hydrogen-bond donors (Lipinski definition) is 0. The highest BCUT2D eigenvalue weighted by atomic mass is 16.5. The third-order valence-corrected chi connectivity index (χ3v) is 4.35. The summed E-state index contributed by atoms with van der Waals surface area (Å²) in [6.07, 6.45) is 3.22. The maximum Gasteiger partial charge on any atom is 0.156 e. The molecule has 3 rings (SSSR count). The van der Waals surface area contributed by atoms with Gasteiger partial charge in [-0.2, -0.15) is 15.8 Å². The van der Waals surface area contributed by atoms with Crippen LogP contribution in [0.4, 0.5) is 0 Å². The van der Waals surface area contributed by atoms with Crippen molar-refractivity contribution in [3.05, 3.63) is 46.9 Å². The molecule has 0 spiro atoms. The van der Waals surface area contributed by atoms with Gasteiger partial charge in [-0.05, 0) is 13.0 Å². The molecule has 0 saturated heterocycles. The number of hydrogen-bond acceptors (Lipinski definition) is 7. The van der Waals surface area contributed by atoms with E-state index in [1.165, 1.54) is 7.11 Å². The second kappa shape index (κ2) is 7.07. The van der Waals surface area contributed by atoms with Crippen LogP contribution in [-0.2, 0) is 0 Å². The molecule has 1 atom stereocenters. The molecule has 7 heteroatoms. The van der Waals surface area contributed by atoms with Crippen LogP contribution in [0.2, 0.25) is 0 Å². The average Bonchev–Trinajstić information content (AvgIpc) is 3.16. The van der Waals surface area contributed by atoms with E-state index in [1.807, 2.05) is 6.07 Å². The molecule has 1 aliphatic rings. The molecule has 0 bridgehead atoms. The van der Waals surface area contributed by atoms with Gasteiger partial charge < -0.3 is 13.9 Å². The Labute approximate surface area is 155 Å². The van der Waals surface area contributed by atoms with Gasteiger partial charge in [0.1, 0.15) is 41.0 Å². The highest BCUT2D eigenvalue weighted by Crippen LogP contribution is 2.44. The van der Waals surface area contributed by atoms with Gasteiger partial charge in [-0.1, -0.05) is 6.08 Å². The molecule has 0 amide bonds. The monoisotopic (exact) mass is 358 g/mol. The molecule has 1 aromatic heterocycles. The number of ether oxygens (including phenoxy) is 2. The first-order chi connectivity index (χ1) is 13.1. The van der Waals surface area contributed by atoms with Crippen molar-refractivity contribution in [2.75, 3.05) is 14.2 Å². The maximum atomic E-state index is 9.53. The second-order valence-electron chi connectivity index (χ2n) is 5.73. The van der Waals surface area contributed by atoms with Gasteiger partial charge in [0.15, 0.2) is 5.57 Å². The third kappa shape index (κ3) is 2.80. The number of nitriles is 3. The molecule has 0 fully saturated rings.